The lowest BCUT2D eigenvalue weighted by Crippen LogP contribution is -3.00. The molecule has 1 fully saturated rings. The molecule has 0 saturated carbocycles. The quantitative estimate of drug-likeness (QED) is 0.346. The van der Waals surface area contributed by atoms with Crippen LogP contribution in [-0.2, 0) is 4.74 Å². The summed E-state index contributed by atoms with van der Waals surface area (Å²) in [6.45, 7) is 2.00. The number of halogens is 1. The van der Waals surface area contributed by atoms with E-state index in [1.54, 1.807) is 0 Å². The van der Waals surface area contributed by atoms with Gasteiger partial charge in [0, 0.05) is 13.2 Å². The minimum Gasteiger partial charge on any atom is -1.00 e. The Kier molecular flexibility index (Phi) is 3.58. The molecule has 1 nitrogen and oxygen atoms in total. The van der Waals surface area contributed by atoms with Crippen LogP contribution in [-0.4, -0.2) is 13.2 Å². The topological polar surface area (TPSA) is 9.23 Å². The second-order valence-corrected chi connectivity index (χ2v) is 1.32. The highest BCUT2D eigenvalue weighted by Gasteiger charge is 1.94. The molecule has 6 heavy (non-hydrogen) atoms. The first kappa shape index (κ1) is 6.25. The molecule has 0 aromatic heterocycles. The van der Waals surface area contributed by atoms with E-state index in [1.165, 1.54) is 12.8 Å². The van der Waals surface area contributed by atoms with Crippen LogP contribution in [0.25, 0.3) is 0 Å². The van der Waals surface area contributed by atoms with Gasteiger partial charge in [-0.3, -0.25) is 0 Å². The third-order valence-electron chi connectivity index (χ3n) is 0.827. The molecule has 0 unspecified atom stereocenters. The highest BCUT2D eigenvalue weighted by molar-refractivity contribution is 4.43. The number of ether oxygens (including phenoxy) is 1. The van der Waals surface area contributed by atoms with Gasteiger partial charge in [0.25, 0.3) is 0 Å². The molecule has 0 radical (unpaired) electrons. The summed E-state index contributed by atoms with van der Waals surface area (Å²) in [6, 6.07) is 0. The van der Waals surface area contributed by atoms with Crippen molar-refractivity contribution in [3.8, 4) is 0 Å². The van der Waals surface area contributed by atoms with Crippen molar-refractivity contribution in [2.45, 2.75) is 12.8 Å². The summed E-state index contributed by atoms with van der Waals surface area (Å²) < 4.78 is 4.94. The van der Waals surface area contributed by atoms with Gasteiger partial charge < -0.3 is 17.1 Å². The molecule has 0 aliphatic carbocycles. The Labute approximate surface area is 45.6 Å². The molecule has 2 heteroatoms. The van der Waals surface area contributed by atoms with Crippen molar-refractivity contribution in [2.75, 3.05) is 13.2 Å². The molecule has 1 aliphatic rings. The Bertz CT molecular complexity index is 23.3. The zero-order valence-electron chi connectivity index (χ0n) is 4.61. The van der Waals surface area contributed by atoms with Crippen molar-refractivity contribution in [3.63, 3.8) is 0 Å². The molecule has 1 aliphatic heterocycles. The molecule has 1 heterocycles. The third kappa shape index (κ3) is 1.63. The lowest BCUT2D eigenvalue weighted by atomic mass is 10.4. The number of hydrogen-bond acceptors (Lipinski definition) is 1. The number of rotatable bonds is 0. The van der Waals surface area contributed by atoms with Crippen LogP contribution >= 0.6 is 0 Å². The maximum absolute atomic E-state index is 4.94. The first-order valence-electron chi connectivity index (χ1n) is 2.08. The van der Waals surface area contributed by atoms with E-state index >= 15 is 0 Å². The van der Waals surface area contributed by atoms with Gasteiger partial charge in [0.15, 0.2) is 0 Å². The first-order chi connectivity index (χ1) is 2.50. The highest BCUT2D eigenvalue weighted by Crippen LogP contribution is 1.98. The highest BCUT2D eigenvalue weighted by atomic mass is 35.5. The van der Waals surface area contributed by atoms with Crippen molar-refractivity contribution >= 4 is 0 Å². The molecular formula is C4H9ClO. The summed E-state index contributed by atoms with van der Waals surface area (Å²) in [4.78, 5) is 0. The van der Waals surface area contributed by atoms with Gasteiger partial charge in [0.05, 0.1) is 0 Å². The Morgan fingerprint density at radius 2 is 1.67 bits per heavy atom. The first-order valence-corrected chi connectivity index (χ1v) is 2.08. The van der Waals surface area contributed by atoms with Crippen molar-refractivity contribution in [2.24, 2.45) is 0 Å². The molecule has 1 saturated heterocycles. The largest absolute Gasteiger partial charge is 1.00 e. The standard InChI is InChI=1S/C4H8O.ClH/c1-2-4-5-3-1;/h1-4H2;1H. The lowest BCUT2D eigenvalue weighted by Gasteiger charge is -1.76. The van der Waals surface area contributed by atoms with Crippen LogP contribution in [0, 0.1) is 0 Å². The summed E-state index contributed by atoms with van der Waals surface area (Å²) in [6.07, 6.45) is 2.56. The summed E-state index contributed by atoms with van der Waals surface area (Å²) in [7, 11) is 0. The maximum Gasteiger partial charge on any atom is 1.00 e. The summed E-state index contributed by atoms with van der Waals surface area (Å²) >= 11 is 0. The maximum atomic E-state index is 4.94. The Morgan fingerprint density at radius 1 is 1.17 bits per heavy atom. The SMILES string of the molecule is C1CCOC1.[Cl-].[H+]. The van der Waals surface area contributed by atoms with Gasteiger partial charge in [-0.15, -0.1) is 0 Å². The van der Waals surface area contributed by atoms with Crippen LogP contribution in [0.3, 0.4) is 0 Å². The van der Waals surface area contributed by atoms with E-state index in [-0.39, 0.29) is 13.8 Å². The molecule has 1 rings (SSSR count). The fourth-order valence-electron chi connectivity index (χ4n) is 0.510. The zero-order chi connectivity index (χ0) is 3.54. The van der Waals surface area contributed by atoms with E-state index in [4.69, 9.17) is 4.74 Å². The van der Waals surface area contributed by atoms with Crippen molar-refractivity contribution < 1.29 is 18.6 Å². The van der Waals surface area contributed by atoms with Gasteiger partial charge in [-0.25, -0.2) is 0 Å². The number of hydrogen-bond donors (Lipinski definition) is 0. The average molecular weight is 109 g/mol. The molecule has 38 valence electrons. The van der Waals surface area contributed by atoms with E-state index < -0.39 is 0 Å². The van der Waals surface area contributed by atoms with Gasteiger partial charge in [-0.05, 0) is 12.8 Å². The average Bonchev–Trinajstić information content (AvgIpc) is 1.76. The molecule has 0 aromatic rings. The van der Waals surface area contributed by atoms with Crippen LogP contribution in [0.5, 0.6) is 0 Å². The van der Waals surface area contributed by atoms with Crippen LogP contribution in [0.1, 0.15) is 14.3 Å². The van der Waals surface area contributed by atoms with Crippen molar-refractivity contribution in [1.29, 1.82) is 0 Å². The third-order valence-corrected chi connectivity index (χ3v) is 0.827. The predicted octanol–water partition coefficient (Wildman–Crippen LogP) is -2.09. The van der Waals surface area contributed by atoms with Gasteiger partial charge in [-0.2, -0.15) is 0 Å². The van der Waals surface area contributed by atoms with Crippen molar-refractivity contribution in [1.82, 2.24) is 0 Å². The summed E-state index contributed by atoms with van der Waals surface area (Å²) in [5.41, 5.74) is 0. The molecular weight excluding hydrogens is 99.5 g/mol. The molecule has 0 aromatic carbocycles. The minimum atomic E-state index is 0. The fourth-order valence-corrected chi connectivity index (χ4v) is 0.510. The Morgan fingerprint density at radius 3 is 1.83 bits per heavy atom. The molecule has 0 atom stereocenters. The minimum absolute atomic E-state index is 0. The zero-order valence-corrected chi connectivity index (χ0v) is 4.37. The second-order valence-electron chi connectivity index (χ2n) is 1.32. The van der Waals surface area contributed by atoms with Crippen LogP contribution in [0.4, 0.5) is 0 Å². The van der Waals surface area contributed by atoms with E-state index in [0.717, 1.165) is 13.2 Å². The van der Waals surface area contributed by atoms with Crippen LogP contribution in [0.15, 0.2) is 0 Å². The van der Waals surface area contributed by atoms with E-state index in [2.05, 4.69) is 0 Å². The van der Waals surface area contributed by atoms with E-state index in [1.807, 2.05) is 0 Å². The lowest BCUT2D eigenvalue weighted by molar-refractivity contribution is -0.00000163. The fraction of sp³-hybridized carbons (Fsp3) is 1.00. The van der Waals surface area contributed by atoms with Gasteiger partial charge >= 0.3 is 1.43 Å². The summed E-state index contributed by atoms with van der Waals surface area (Å²) in [5, 5.41) is 0. The molecule has 0 amide bonds. The monoisotopic (exact) mass is 108 g/mol. The Hall–Kier alpha value is 0.250. The summed E-state index contributed by atoms with van der Waals surface area (Å²) in [5.74, 6) is 0. The molecule has 0 bridgehead atoms. The smallest absolute Gasteiger partial charge is 1.00 e. The van der Waals surface area contributed by atoms with Gasteiger partial charge in [0.1, 0.15) is 0 Å². The van der Waals surface area contributed by atoms with Gasteiger partial charge in [0.2, 0.25) is 0 Å². The van der Waals surface area contributed by atoms with E-state index in [9.17, 15) is 0 Å². The van der Waals surface area contributed by atoms with Crippen LogP contribution in [0.2, 0.25) is 0 Å². The second kappa shape index (κ2) is 3.44. The predicted molar refractivity (Wildman–Crippen MR) is 21.2 cm³/mol. The Balaban J connectivity index is 0. The normalized spacial score (nSPS) is 20.0. The van der Waals surface area contributed by atoms with Gasteiger partial charge in [-0.1, -0.05) is 0 Å². The van der Waals surface area contributed by atoms with Crippen LogP contribution < -0.4 is 12.4 Å². The molecule has 0 N–H and O–H groups in total. The van der Waals surface area contributed by atoms with E-state index in [0.29, 0.717) is 0 Å². The molecule has 0 spiro atoms. The van der Waals surface area contributed by atoms with Crippen molar-refractivity contribution in [3.05, 3.63) is 0 Å².